The summed E-state index contributed by atoms with van der Waals surface area (Å²) in [6.45, 7) is 4.43. The smallest absolute Gasteiger partial charge is 0.243 e. The van der Waals surface area contributed by atoms with Crippen LogP contribution in [0.15, 0.2) is 53.4 Å². The summed E-state index contributed by atoms with van der Waals surface area (Å²) < 4.78 is 32.1. The van der Waals surface area contributed by atoms with Crippen LogP contribution in [0.1, 0.15) is 5.56 Å². The maximum atomic E-state index is 12.8. The quantitative estimate of drug-likeness (QED) is 0.854. The maximum Gasteiger partial charge on any atom is 0.243 e. The molecule has 0 bridgehead atoms. The van der Waals surface area contributed by atoms with Crippen molar-refractivity contribution in [3.8, 4) is 5.75 Å². The Morgan fingerprint density at radius 3 is 2.21 bits per heavy atom. The van der Waals surface area contributed by atoms with E-state index in [2.05, 4.69) is 30.0 Å². The lowest BCUT2D eigenvalue weighted by Crippen LogP contribution is -2.48. The van der Waals surface area contributed by atoms with Gasteiger partial charge in [0.1, 0.15) is 5.75 Å². The monoisotopic (exact) mass is 346 g/mol. The molecule has 0 N–H and O–H groups in total. The zero-order valence-electron chi connectivity index (χ0n) is 14.0. The van der Waals surface area contributed by atoms with E-state index in [4.69, 9.17) is 4.74 Å². The van der Waals surface area contributed by atoms with Gasteiger partial charge in [0.2, 0.25) is 10.0 Å². The lowest BCUT2D eigenvalue weighted by atomic mass is 10.2. The Kier molecular flexibility index (Phi) is 4.78. The molecule has 3 rings (SSSR count). The molecule has 0 radical (unpaired) electrons. The first-order valence-corrected chi connectivity index (χ1v) is 9.40. The predicted molar refractivity (Wildman–Crippen MR) is 95.1 cm³/mol. The van der Waals surface area contributed by atoms with Gasteiger partial charge in [-0.2, -0.15) is 4.31 Å². The van der Waals surface area contributed by atoms with Gasteiger partial charge in [0, 0.05) is 31.9 Å². The average Bonchev–Trinajstić information content (AvgIpc) is 2.62. The van der Waals surface area contributed by atoms with Crippen LogP contribution in [0, 0.1) is 6.92 Å². The summed E-state index contributed by atoms with van der Waals surface area (Å²) in [5.41, 5.74) is 2.36. The number of piperazine rings is 1. The molecular weight excluding hydrogens is 324 g/mol. The van der Waals surface area contributed by atoms with Crippen molar-refractivity contribution in [1.82, 2.24) is 4.31 Å². The molecule has 1 fully saturated rings. The number of sulfonamides is 1. The number of hydrogen-bond donors (Lipinski definition) is 0. The number of nitrogens with zero attached hydrogens (tertiary/aromatic N) is 2. The second-order valence-electron chi connectivity index (χ2n) is 5.91. The van der Waals surface area contributed by atoms with E-state index in [1.807, 2.05) is 6.07 Å². The van der Waals surface area contributed by atoms with Crippen molar-refractivity contribution in [2.45, 2.75) is 11.8 Å². The number of aryl methyl sites for hydroxylation is 1. The molecule has 2 aromatic carbocycles. The number of ether oxygens (including phenoxy) is 1. The van der Waals surface area contributed by atoms with Gasteiger partial charge < -0.3 is 9.64 Å². The molecule has 2 aromatic rings. The topological polar surface area (TPSA) is 49.9 Å². The van der Waals surface area contributed by atoms with E-state index < -0.39 is 10.0 Å². The maximum absolute atomic E-state index is 12.8. The average molecular weight is 346 g/mol. The zero-order chi connectivity index (χ0) is 17.2. The Morgan fingerprint density at radius 2 is 1.62 bits per heavy atom. The summed E-state index contributed by atoms with van der Waals surface area (Å²) in [6.07, 6.45) is 0. The van der Waals surface area contributed by atoms with E-state index in [1.165, 1.54) is 5.56 Å². The molecule has 1 heterocycles. The van der Waals surface area contributed by atoms with Crippen LogP contribution < -0.4 is 9.64 Å². The van der Waals surface area contributed by atoms with Gasteiger partial charge in [0.25, 0.3) is 0 Å². The highest BCUT2D eigenvalue weighted by Gasteiger charge is 2.28. The number of anilines is 1. The Labute approximate surface area is 143 Å². The molecule has 0 saturated carbocycles. The Hall–Kier alpha value is -2.05. The van der Waals surface area contributed by atoms with Crippen molar-refractivity contribution in [2.24, 2.45) is 0 Å². The molecule has 0 amide bonds. The summed E-state index contributed by atoms with van der Waals surface area (Å²) in [5, 5.41) is 0. The highest BCUT2D eigenvalue weighted by Crippen LogP contribution is 2.23. The molecule has 1 saturated heterocycles. The molecule has 0 aromatic heterocycles. The first-order valence-electron chi connectivity index (χ1n) is 7.96. The number of methoxy groups -OCH3 is 1. The minimum atomic E-state index is -3.45. The van der Waals surface area contributed by atoms with Crippen LogP contribution in [0.4, 0.5) is 5.69 Å². The Morgan fingerprint density at radius 1 is 0.958 bits per heavy atom. The summed E-state index contributed by atoms with van der Waals surface area (Å²) in [5.74, 6) is 0.651. The lowest BCUT2D eigenvalue weighted by molar-refractivity contribution is 0.384. The third-order valence-corrected chi connectivity index (χ3v) is 6.22. The van der Waals surface area contributed by atoms with Gasteiger partial charge in [0.05, 0.1) is 12.0 Å². The van der Waals surface area contributed by atoms with Crippen LogP contribution in [0.25, 0.3) is 0 Å². The fraction of sp³-hybridized carbons (Fsp3) is 0.333. The minimum absolute atomic E-state index is 0.312. The summed E-state index contributed by atoms with van der Waals surface area (Å²) in [6, 6.07) is 14.8. The molecule has 24 heavy (non-hydrogen) atoms. The van der Waals surface area contributed by atoms with E-state index in [1.54, 1.807) is 35.7 Å². The molecular formula is C18H22N2O3S. The minimum Gasteiger partial charge on any atom is -0.497 e. The van der Waals surface area contributed by atoms with E-state index >= 15 is 0 Å². The SMILES string of the molecule is COc1ccc(S(=O)(=O)N2CCN(c3cccc(C)c3)CC2)cc1. The molecule has 0 atom stereocenters. The van der Waals surface area contributed by atoms with Gasteiger partial charge in [-0.1, -0.05) is 12.1 Å². The van der Waals surface area contributed by atoms with Crippen LogP contribution in [-0.2, 0) is 10.0 Å². The van der Waals surface area contributed by atoms with Crippen molar-refractivity contribution < 1.29 is 13.2 Å². The summed E-state index contributed by atoms with van der Waals surface area (Å²) in [4.78, 5) is 2.54. The van der Waals surface area contributed by atoms with Gasteiger partial charge in [-0.05, 0) is 48.9 Å². The van der Waals surface area contributed by atoms with Crippen molar-refractivity contribution >= 4 is 15.7 Å². The molecule has 1 aliphatic rings. The third kappa shape index (κ3) is 3.39. The molecule has 0 aliphatic carbocycles. The second-order valence-corrected chi connectivity index (χ2v) is 7.84. The van der Waals surface area contributed by atoms with Crippen LogP contribution in [0.5, 0.6) is 5.75 Å². The van der Waals surface area contributed by atoms with Gasteiger partial charge >= 0.3 is 0 Å². The standard InChI is InChI=1S/C18H22N2O3S/c1-15-4-3-5-16(14-15)19-10-12-20(13-11-19)24(21,22)18-8-6-17(23-2)7-9-18/h3-9,14H,10-13H2,1-2H3. The van der Waals surface area contributed by atoms with Crippen molar-refractivity contribution in [1.29, 1.82) is 0 Å². The first kappa shape index (κ1) is 16.8. The number of rotatable bonds is 4. The second kappa shape index (κ2) is 6.83. The normalized spacial score (nSPS) is 16.2. The van der Waals surface area contributed by atoms with Crippen LogP contribution >= 0.6 is 0 Å². The van der Waals surface area contributed by atoms with Gasteiger partial charge in [-0.15, -0.1) is 0 Å². The molecule has 5 nitrogen and oxygen atoms in total. The van der Waals surface area contributed by atoms with Crippen LogP contribution in [-0.4, -0.2) is 46.0 Å². The molecule has 0 unspecified atom stereocenters. The molecule has 0 spiro atoms. The van der Waals surface area contributed by atoms with Gasteiger partial charge in [-0.3, -0.25) is 0 Å². The Bertz CT molecular complexity index is 795. The largest absolute Gasteiger partial charge is 0.497 e. The highest BCUT2D eigenvalue weighted by molar-refractivity contribution is 7.89. The molecule has 6 heteroatoms. The van der Waals surface area contributed by atoms with Crippen LogP contribution in [0.3, 0.4) is 0 Å². The molecule has 1 aliphatic heterocycles. The zero-order valence-corrected chi connectivity index (χ0v) is 14.8. The van der Waals surface area contributed by atoms with E-state index in [-0.39, 0.29) is 0 Å². The molecule has 128 valence electrons. The first-order chi connectivity index (χ1) is 11.5. The fourth-order valence-corrected chi connectivity index (χ4v) is 4.33. The number of benzene rings is 2. The highest BCUT2D eigenvalue weighted by atomic mass is 32.2. The third-order valence-electron chi connectivity index (χ3n) is 4.30. The Balaban J connectivity index is 1.71. The number of hydrogen-bond acceptors (Lipinski definition) is 4. The summed E-state index contributed by atoms with van der Waals surface area (Å²) in [7, 11) is -1.89. The predicted octanol–water partition coefficient (Wildman–Crippen LogP) is 2.51. The van der Waals surface area contributed by atoms with Gasteiger partial charge in [-0.25, -0.2) is 8.42 Å². The summed E-state index contributed by atoms with van der Waals surface area (Å²) >= 11 is 0. The van der Waals surface area contributed by atoms with Gasteiger partial charge in [0.15, 0.2) is 0 Å². The van der Waals surface area contributed by atoms with E-state index in [0.29, 0.717) is 36.8 Å². The lowest BCUT2D eigenvalue weighted by Gasteiger charge is -2.35. The van der Waals surface area contributed by atoms with Crippen molar-refractivity contribution in [3.63, 3.8) is 0 Å². The van der Waals surface area contributed by atoms with Crippen molar-refractivity contribution in [3.05, 3.63) is 54.1 Å². The van der Waals surface area contributed by atoms with E-state index in [0.717, 1.165) is 5.69 Å². The van der Waals surface area contributed by atoms with Crippen molar-refractivity contribution in [2.75, 3.05) is 38.2 Å². The van der Waals surface area contributed by atoms with Crippen LogP contribution in [0.2, 0.25) is 0 Å². The fourth-order valence-electron chi connectivity index (χ4n) is 2.91. The van der Waals surface area contributed by atoms with E-state index in [9.17, 15) is 8.42 Å².